The molecule has 2 rings (SSSR count). The maximum absolute atomic E-state index is 13.2. The van der Waals surface area contributed by atoms with Gasteiger partial charge in [-0.15, -0.1) is 0 Å². The van der Waals surface area contributed by atoms with Crippen molar-refractivity contribution in [2.75, 3.05) is 36.7 Å². The number of carbonyl (C=O) groups is 1. The van der Waals surface area contributed by atoms with Crippen molar-refractivity contribution in [1.82, 2.24) is 9.88 Å². The van der Waals surface area contributed by atoms with Crippen molar-refractivity contribution in [2.45, 2.75) is 26.4 Å². The third-order valence-electron chi connectivity index (χ3n) is 4.74. The number of rotatable bonds is 10. The van der Waals surface area contributed by atoms with E-state index in [-0.39, 0.29) is 5.91 Å². The van der Waals surface area contributed by atoms with Crippen molar-refractivity contribution in [2.24, 2.45) is 10.2 Å². The Balaban J connectivity index is 2.16. The molecule has 0 aliphatic rings. The first-order valence-electron chi connectivity index (χ1n) is 9.75. The standard InChI is InChI=1S/C22H30N6O2/c1-7-27(21(29)17-11-8-9-12-18(17)28(23-4)24-5)16-15-26(6)20-14-10-13-19(25-20)22(2,3)30/h8-14,30H,4-5,7,15-16H2,1-3,6H3. The van der Waals surface area contributed by atoms with Gasteiger partial charge in [0.25, 0.3) is 5.91 Å². The normalized spacial score (nSPS) is 11.0. The van der Waals surface area contributed by atoms with E-state index in [1.807, 2.05) is 31.0 Å². The molecule has 30 heavy (non-hydrogen) atoms. The predicted molar refractivity (Wildman–Crippen MR) is 122 cm³/mol. The van der Waals surface area contributed by atoms with Gasteiger partial charge in [0.2, 0.25) is 0 Å². The van der Waals surface area contributed by atoms with Gasteiger partial charge in [-0.05, 0) is 45.0 Å². The highest BCUT2D eigenvalue weighted by atomic mass is 16.3. The Hall–Kier alpha value is -3.26. The quantitative estimate of drug-likeness (QED) is 0.481. The van der Waals surface area contributed by atoms with Crippen LogP contribution in [-0.4, -0.2) is 61.0 Å². The zero-order valence-electron chi connectivity index (χ0n) is 18.1. The SMILES string of the molecule is C=NN(N=C)c1ccccc1C(=O)N(CC)CCN(C)c1cccc(C(C)(C)O)n1. The first-order chi connectivity index (χ1) is 14.2. The molecule has 1 amide bonds. The highest BCUT2D eigenvalue weighted by Crippen LogP contribution is 2.23. The van der Waals surface area contributed by atoms with E-state index in [9.17, 15) is 9.90 Å². The number of hydrazone groups is 2. The maximum atomic E-state index is 13.2. The number of amides is 1. The van der Waals surface area contributed by atoms with Gasteiger partial charge in [-0.3, -0.25) is 4.79 Å². The fourth-order valence-corrected chi connectivity index (χ4v) is 2.96. The van der Waals surface area contributed by atoms with E-state index in [1.165, 1.54) is 5.12 Å². The molecule has 8 nitrogen and oxygen atoms in total. The Labute approximate surface area is 178 Å². The van der Waals surface area contributed by atoms with Crippen molar-refractivity contribution >= 4 is 30.8 Å². The molecule has 0 fully saturated rings. The van der Waals surface area contributed by atoms with Gasteiger partial charge in [-0.1, -0.05) is 18.2 Å². The van der Waals surface area contributed by atoms with Crippen LogP contribution in [0.1, 0.15) is 36.8 Å². The Bertz CT molecular complexity index is 885. The van der Waals surface area contributed by atoms with Crippen molar-refractivity contribution in [1.29, 1.82) is 0 Å². The van der Waals surface area contributed by atoms with E-state index < -0.39 is 5.60 Å². The summed E-state index contributed by atoms with van der Waals surface area (Å²) in [6, 6.07) is 12.6. The summed E-state index contributed by atoms with van der Waals surface area (Å²) >= 11 is 0. The molecule has 0 saturated heterocycles. The molecule has 1 heterocycles. The van der Waals surface area contributed by atoms with Crippen LogP contribution in [0, 0.1) is 0 Å². The van der Waals surface area contributed by atoms with E-state index in [2.05, 4.69) is 28.6 Å². The summed E-state index contributed by atoms with van der Waals surface area (Å²) in [5.41, 5.74) is 0.580. The Kier molecular flexibility index (Phi) is 7.66. The van der Waals surface area contributed by atoms with Gasteiger partial charge in [-0.25, -0.2) is 4.98 Å². The van der Waals surface area contributed by atoms with Crippen LogP contribution >= 0.6 is 0 Å². The van der Waals surface area contributed by atoms with Crippen LogP contribution in [0.5, 0.6) is 0 Å². The molecule has 8 heteroatoms. The summed E-state index contributed by atoms with van der Waals surface area (Å²) < 4.78 is 0. The molecule has 1 N–H and O–H groups in total. The molecule has 0 saturated carbocycles. The number of carbonyl (C=O) groups excluding carboxylic acids is 1. The minimum absolute atomic E-state index is 0.128. The smallest absolute Gasteiger partial charge is 0.256 e. The summed E-state index contributed by atoms with van der Waals surface area (Å²) in [6.07, 6.45) is 0. The lowest BCUT2D eigenvalue weighted by Crippen LogP contribution is -2.38. The van der Waals surface area contributed by atoms with Crippen LogP contribution in [0.3, 0.4) is 0 Å². The number of aromatic nitrogens is 1. The number of nitrogens with zero attached hydrogens (tertiary/aromatic N) is 6. The van der Waals surface area contributed by atoms with Gasteiger partial charge in [0.1, 0.15) is 11.4 Å². The minimum Gasteiger partial charge on any atom is -0.384 e. The number of anilines is 2. The molecule has 0 aliphatic heterocycles. The zero-order valence-corrected chi connectivity index (χ0v) is 18.1. The second kappa shape index (κ2) is 9.98. The van der Waals surface area contributed by atoms with Crippen molar-refractivity contribution in [3.8, 4) is 0 Å². The molecular weight excluding hydrogens is 380 g/mol. The van der Waals surface area contributed by atoms with Crippen molar-refractivity contribution in [3.63, 3.8) is 0 Å². The maximum Gasteiger partial charge on any atom is 0.256 e. The lowest BCUT2D eigenvalue weighted by molar-refractivity contribution is 0.0739. The number of pyridine rings is 1. The number of likely N-dealkylation sites (N-methyl/N-ethyl adjacent to an activating group) is 2. The molecular formula is C22H30N6O2. The van der Waals surface area contributed by atoms with Gasteiger partial charge in [0.05, 0.1) is 16.9 Å². The van der Waals surface area contributed by atoms with Crippen LogP contribution in [0.25, 0.3) is 0 Å². The molecule has 2 aromatic rings. The fourth-order valence-electron chi connectivity index (χ4n) is 2.96. The van der Waals surface area contributed by atoms with Crippen molar-refractivity contribution in [3.05, 3.63) is 53.7 Å². The van der Waals surface area contributed by atoms with E-state index >= 15 is 0 Å². The van der Waals surface area contributed by atoms with Gasteiger partial charge in [-0.2, -0.15) is 15.3 Å². The largest absolute Gasteiger partial charge is 0.384 e. The highest BCUT2D eigenvalue weighted by molar-refractivity contribution is 5.99. The van der Waals surface area contributed by atoms with Gasteiger partial charge in [0.15, 0.2) is 0 Å². The fraction of sp³-hybridized carbons (Fsp3) is 0.364. The Morgan fingerprint density at radius 1 is 1.10 bits per heavy atom. The molecule has 1 aromatic heterocycles. The average Bonchev–Trinajstić information content (AvgIpc) is 2.74. The number of hydrogen-bond acceptors (Lipinski definition) is 7. The van der Waals surface area contributed by atoms with Crippen LogP contribution in [0.2, 0.25) is 0 Å². The van der Waals surface area contributed by atoms with E-state index in [0.29, 0.717) is 36.6 Å². The van der Waals surface area contributed by atoms with Gasteiger partial charge < -0.3 is 14.9 Å². The third-order valence-corrected chi connectivity index (χ3v) is 4.74. The lowest BCUT2D eigenvalue weighted by Gasteiger charge is -2.27. The summed E-state index contributed by atoms with van der Waals surface area (Å²) in [5.74, 6) is 0.605. The lowest BCUT2D eigenvalue weighted by atomic mass is 10.1. The number of benzene rings is 1. The first kappa shape index (κ1) is 23.0. The van der Waals surface area contributed by atoms with Crippen LogP contribution in [0.15, 0.2) is 52.7 Å². The molecule has 0 unspecified atom stereocenters. The van der Waals surface area contributed by atoms with Crippen molar-refractivity contribution < 1.29 is 9.90 Å². The Morgan fingerprint density at radius 2 is 1.77 bits per heavy atom. The Morgan fingerprint density at radius 3 is 2.37 bits per heavy atom. The average molecular weight is 411 g/mol. The predicted octanol–water partition coefficient (Wildman–Crippen LogP) is 2.95. The van der Waals surface area contributed by atoms with E-state index in [0.717, 1.165) is 5.82 Å². The monoisotopic (exact) mass is 410 g/mol. The first-order valence-corrected chi connectivity index (χ1v) is 9.75. The number of aliphatic hydroxyl groups is 1. The molecule has 160 valence electrons. The second-order valence-corrected chi connectivity index (χ2v) is 7.34. The summed E-state index contributed by atoms with van der Waals surface area (Å²) in [5, 5.41) is 19.0. The van der Waals surface area contributed by atoms with Crippen LogP contribution < -0.4 is 10.0 Å². The van der Waals surface area contributed by atoms with Gasteiger partial charge in [0, 0.05) is 40.1 Å². The molecule has 0 spiro atoms. The number of hydrogen-bond donors (Lipinski definition) is 1. The zero-order chi connectivity index (χ0) is 22.3. The van der Waals surface area contributed by atoms with Gasteiger partial charge >= 0.3 is 0 Å². The second-order valence-electron chi connectivity index (χ2n) is 7.34. The topological polar surface area (TPSA) is 84.6 Å². The van der Waals surface area contributed by atoms with Crippen LogP contribution in [-0.2, 0) is 5.60 Å². The summed E-state index contributed by atoms with van der Waals surface area (Å²) in [6.45, 7) is 13.9. The molecule has 1 aromatic carbocycles. The molecule has 0 bridgehead atoms. The molecule has 0 aliphatic carbocycles. The molecule has 0 radical (unpaired) electrons. The van der Waals surface area contributed by atoms with E-state index in [4.69, 9.17) is 0 Å². The summed E-state index contributed by atoms with van der Waals surface area (Å²) in [7, 11) is 1.91. The molecule has 0 atom stereocenters. The highest BCUT2D eigenvalue weighted by Gasteiger charge is 2.21. The van der Waals surface area contributed by atoms with Crippen LogP contribution in [0.4, 0.5) is 11.5 Å². The van der Waals surface area contributed by atoms with E-state index in [1.54, 1.807) is 49.1 Å². The third kappa shape index (κ3) is 5.42. The number of para-hydroxylation sites is 1. The summed E-state index contributed by atoms with van der Waals surface area (Å²) in [4.78, 5) is 21.4. The minimum atomic E-state index is -1.02.